The third kappa shape index (κ3) is 1.09. The molecule has 2 saturated heterocycles. The average molecular weight is 155 g/mol. The van der Waals surface area contributed by atoms with Crippen molar-refractivity contribution in [1.29, 1.82) is 0 Å². The molecule has 2 heterocycles. The second-order valence-corrected chi connectivity index (χ2v) is 3.98. The Bertz CT molecular complexity index is 148. The molecule has 0 aromatic carbocycles. The van der Waals surface area contributed by atoms with Crippen LogP contribution in [0.2, 0.25) is 0 Å². The molecular weight excluding hydrogens is 138 g/mol. The van der Waals surface area contributed by atoms with E-state index in [4.69, 9.17) is 5.11 Å². The maximum Gasteiger partial charge on any atom is 0.0474 e. The molecule has 0 unspecified atom stereocenters. The zero-order valence-corrected chi connectivity index (χ0v) is 7.16. The summed E-state index contributed by atoms with van der Waals surface area (Å²) in [5, 5.41) is 9.10. The normalized spacial score (nSPS) is 44.7. The van der Waals surface area contributed by atoms with Crippen molar-refractivity contribution in [3.05, 3.63) is 0 Å². The van der Waals surface area contributed by atoms with Crippen LogP contribution in [0, 0.1) is 5.92 Å². The lowest BCUT2D eigenvalue weighted by atomic mass is 9.91. The van der Waals surface area contributed by atoms with Crippen LogP contribution in [-0.2, 0) is 0 Å². The first kappa shape index (κ1) is 7.56. The minimum atomic E-state index is 0.391. The highest BCUT2D eigenvalue weighted by Gasteiger charge is 2.39. The van der Waals surface area contributed by atoms with E-state index in [0.717, 1.165) is 6.04 Å². The van der Waals surface area contributed by atoms with Gasteiger partial charge in [-0.1, -0.05) is 0 Å². The van der Waals surface area contributed by atoms with Crippen LogP contribution in [0.1, 0.15) is 25.7 Å². The SMILES string of the molecule is CN1[C@H]2CC[C@@H](CO)[C@H]1CC2. The zero-order valence-electron chi connectivity index (χ0n) is 7.16. The van der Waals surface area contributed by atoms with Gasteiger partial charge in [0.2, 0.25) is 0 Å². The minimum Gasteiger partial charge on any atom is -0.396 e. The molecular formula is C9H17NO. The number of hydrogen-bond acceptors (Lipinski definition) is 2. The number of nitrogens with zero attached hydrogens (tertiary/aromatic N) is 1. The number of aliphatic hydroxyl groups excluding tert-OH is 1. The van der Waals surface area contributed by atoms with Gasteiger partial charge in [-0.25, -0.2) is 0 Å². The van der Waals surface area contributed by atoms with E-state index in [2.05, 4.69) is 11.9 Å². The van der Waals surface area contributed by atoms with Crippen LogP contribution in [0.5, 0.6) is 0 Å². The second kappa shape index (κ2) is 2.76. The molecule has 2 aliphatic rings. The van der Waals surface area contributed by atoms with Gasteiger partial charge >= 0.3 is 0 Å². The largest absolute Gasteiger partial charge is 0.396 e. The maximum absolute atomic E-state index is 9.10. The first-order chi connectivity index (χ1) is 5.33. The number of rotatable bonds is 1. The summed E-state index contributed by atoms with van der Waals surface area (Å²) in [6.45, 7) is 0.391. The van der Waals surface area contributed by atoms with Crippen molar-refractivity contribution in [3.63, 3.8) is 0 Å². The summed E-state index contributed by atoms with van der Waals surface area (Å²) in [4.78, 5) is 2.48. The highest BCUT2D eigenvalue weighted by atomic mass is 16.3. The molecule has 2 heteroatoms. The zero-order chi connectivity index (χ0) is 7.84. The fourth-order valence-electron chi connectivity index (χ4n) is 2.77. The lowest BCUT2D eigenvalue weighted by Gasteiger charge is -2.36. The third-order valence-electron chi connectivity index (χ3n) is 3.54. The van der Waals surface area contributed by atoms with Crippen molar-refractivity contribution in [2.45, 2.75) is 37.8 Å². The summed E-state index contributed by atoms with van der Waals surface area (Å²) >= 11 is 0. The Kier molecular flexibility index (Phi) is 1.90. The van der Waals surface area contributed by atoms with Gasteiger partial charge < -0.3 is 10.0 Å². The van der Waals surface area contributed by atoms with Crippen molar-refractivity contribution in [1.82, 2.24) is 4.90 Å². The van der Waals surface area contributed by atoms with E-state index in [0.29, 0.717) is 18.6 Å². The molecule has 2 nitrogen and oxygen atoms in total. The fourth-order valence-corrected chi connectivity index (χ4v) is 2.77. The summed E-state index contributed by atoms with van der Waals surface area (Å²) in [5.74, 6) is 0.568. The van der Waals surface area contributed by atoms with Crippen LogP contribution in [0.4, 0.5) is 0 Å². The van der Waals surface area contributed by atoms with Gasteiger partial charge in [0.25, 0.3) is 0 Å². The molecule has 0 spiro atoms. The van der Waals surface area contributed by atoms with E-state index in [1.807, 2.05) is 0 Å². The number of aliphatic hydroxyl groups is 1. The van der Waals surface area contributed by atoms with Crippen LogP contribution < -0.4 is 0 Å². The molecule has 0 aromatic rings. The highest BCUT2D eigenvalue weighted by molar-refractivity contribution is 4.94. The van der Waals surface area contributed by atoms with Gasteiger partial charge in [0.1, 0.15) is 0 Å². The molecule has 3 atom stereocenters. The number of hydrogen-bond donors (Lipinski definition) is 1. The standard InChI is InChI=1S/C9H17NO/c1-10-8-3-2-7(6-11)9(10)5-4-8/h7-9,11H,2-6H2,1H3/t7-,8-,9+/m0/s1. The summed E-state index contributed by atoms with van der Waals surface area (Å²) in [5.41, 5.74) is 0. The van der Waals surface area contributed by atoms with Crippen LogP contribution >= 0.6 is 0 Å². The van der Waals surface area contributed by atoms with Crippen LogP contribution in [-0.4, -0.2) is 35.7 Å². The number of piperidine rings is 1. The summed E-state index contributed by atoms with van der Waals surface area (Å²) in [7, 11) is 2.21. The minimum absolute atomic E-state index is 0.391. The fraction of sp³-hybridized carbons (Fsp3) is 1.00. The van der Waals surface area contributed by atoms with Crippen molar-refractivity contribution < 1.29 is 5.11 Å². The topological polar surface area (TPSA) is 23.5 Å². The lowest BCUT2D eigenvalue weighted by molar-refractivity contribution is 0.0775. The van der Waals surface area contributed by atoms with E-state index in [9.17, 15) is 0 Å². The third-order valence-corrected chi connectivity index (χ3v) is 3.54. The van der Waals surface area contributed by atoms with Crippen LogP contribution in [0.25, 0.3) is 0 Å². The molecule has 0 radical (unpaired) electrons. The van der Waals surface area contributed by atoms with Gasteiger partial charge in [-0.3, -0.25) is 0 Å². The van der Waals surface area contributed by atoms with Crippen LogP contribution in [0.15, 0.2) is 0 Å². The van der Waals surface area contributed by atoms with E-state index in [1.54, 1.807) is 0 Å². The van der Waals surface area contributed by atoms with Gasteiger partial charge in [0, 0.05) is 18.7 Å². The van der Waals surface area contributed by atoms with Crippen molar-refractivity contribution >= 4 is 0 Å². The summed E-state index contributed by atoms with van der Waals surface area (Å²) < 4.78 is 0. The molecule has 2 fully saturated rings. The summed E-state index contributed by atoms with van der Waals surface area (Å²) in [6, 6.07) is 1.53. The van der Waals surface area contributed by atoms with E-state index in [-0.39, 0.29) is 0 Å². The smallest absolute Gasteiger partial charge is 0.0474 e. The molecule has 0 saturated carbocycles. The van der Waals surface area contributed by atoms with Crippen LogP contribution in [0.3, 0.4) is 0 Å². The Morgan fingerprint density at radius 3 is 2.73 bits per heavy atom. The molecule has 1 N–H and O–H groups in total. The Morgan fingerprint density at radius 2 is 2.00 bits per heavy atom. The van der Waals surface area contributed by atoms with E-state index in [1.165, 1.54) is 25.7 Å². The quantitative estimate of drug-likeness (QED) is 0.607. The highest BCUT2D eigenvalue weighted by Crippen LogP contribution is 2.37. The molecule has 11 heavy (non-hydrogen) atoms. The van der Waals surface area contributed by atoms with E-state index < -0.39 is 0 Å². The summed E-state index contributed by atoms with van der Waals surface area (Å²) in [6.07, 6.45) is 5.22. The average Bonchev–Trinajstić information content (AvgIpc) is 2.31. The first-order valence-corrected chi connectivity index (χ1v) is 4.65. The van der Waals surface area contributed by atoms with E-state index >= 15 is 0 Å². The monoisotopic (exact) mass is 155 g/mol. The Hall–Kier alpha value is -0.0800. The van der Waals surface area contributed by atoms with Crippen molar-refractivity contribution in [3.8, 4) is 0 Å². The van der Waals surface area contributed by atoms with Gasteiger partial charge in [-0.15, -0.1) is 0 Å². The van der Waals surface area contributed by atoms with Crippen molar-refractivity contribution in [2.24, 2.45) is 5.92 Å². The van der Waals surface area contributed by atoms with Gasteiger partial charge in [0.15, 0.2) is 0 Å². The Morgan fingerprint density at radius 1 is 1.27 bits per heavy atom. The molecule has 2 aliphatic heterocycles. The molecule has 64 valence electrons. The van der Waals surface area contributed by atoms with Crippen molar-refractivity contribution in [2.75, 3.05) is 13.7 Å². The van der Waals surface area contributed by atoms with Gasteiger partial charge in [-0.05, 0) is 38.6 Å². The Labute approximate surface area is 68.2 Å². The first-order valence-electron chi connectivity index (χ1n) is 4.65. The molecule has 2 rings (SSSR count). The lowest BCUT2D eigenvalue weighted by Crippen LogP contribution is -2.43. The number of fused-ring (bicyclic) bond motifs is 2. The molecule has 0 aromatic heterocycles. The molecule has 0 amide bonds. The van der Waals surface area contributed by atoms with Gasteiger partial charge in [-0.2, -0.15) is 0 Å². The molecule has 0 aliphatic carbocycles. The maximum atomic E-state index is 9.10. The predicted octanol–water partition coefficient (Wildman–Crippen LogP) is 0.851. The predicted molar refractivity (Wildman–Crippen MR) is 44.4 cm³/mol. The second-order valence-electron chi connectivity index (χ2n) is 3.98. The Balaban J connectivity index is 2.08. The van der Waals surface area contributed by atoms with Gasteiger partial charge in [0.05, 0.1) is 0 Å². The molecule has 2 bridgehead atoms.